The van der Waals surface area contributed by atoms with Gasteiger partial charge in [-0.3, -0.25) is 18.3 Å². The van der Waals surface area contributed by atoms with Gasteiger partial charge in [0.2, 0.25) is 0 Å². The van der Waals surface area contributed by atoms with Crippen molar-refractivity contribution < 1.29 is 18.3 Å². The van der Waals surface area contributed by atoms with Crippen molar-refractivity contribution in [1.82, 2.24) is 0 Å². The Labute approximate surface area is 182 Å². The molecule has 4 aromatic heterocycles. The van der Waals surface area contributed by atoms with Crippen LogP contribution in [0, 0.1) is 0 Å². The van der Waals surface area contributed by atoms with Crippen LogP contribution in [0.25, 0.3) is 29.3 Å². The Kier molecular flexibility index (Phi) is 6.52. The summed E-state index contributed by atoms with van der Waals surface area (Å²) in [6, 6.07) is 7.32. The molecule has 0 aliphatic heterocycles. The highest BCUT2D eigenvalue weighted by molar-refractivity contribution is 7.42. The molecular weight excluding hydrogens is 508 g/mol. The molecule has 0 radical (unpaired) electrons. The summed E-state index contributed by atoms with van der Waals surface area (Å²) in [5.74, 6) is 0. The summed E-state index contributed by atoms with van der Waals surface area (Å²) in [4.78, 5) is 5.26. The fraction of sp³-hybridized carbons (Fsp3) is 0. The molecule has 138 valence electrons. The normalized spacial score (nSPS) is 11.9. The maximum Gasteiger partial charge on any atom is 0.193 e. The lowest BCUT2D eigenvalue weighted by Crippen LogP contribution is -1.91. The Balaban J connectivity index is 1.83. The van der Waals surface area contributed by atoms with Crippen LogP contribution in [-0.4, -0.2) is 0 Å². The Morgan fingerprint density at radius 2 is 1.21 bits per heavy atom. The molecule has 0 N–H and O–H groups in total. The van der Waals surface area contributed by atoms with E-state index in [9.17, 15) is 18.3 Å². The van der Waals surface area contributed by atoms with E-state index in [-0.39, 0.29) is 33.8 Å². The van der Waals surface area contributed by atoms with Crippen molar-refractivity contribution in [3.05, 3.63) is 35.0 Å². The molecule has 4 heterocycles. The number of rotatable bonds is 7. The molecule has 4 nitrogen and oxygen atoms in total. The zero-order valence-electron chi connectivity index (χ0n) is 13.5. The maximum atomic E-state index is 11.8. The molecule has 0 amide bonds. The van der Waals surface area contributed by atoms with Crippen molar-refractivity contribution in [1.29, 1.82) is 0 Å². The highest BCUT2D eigenvalue weighted by Crippen LogP contribution is 2.42. The van der Waals surface area contributed by atoms with E-state index in [4.69, 9.17) is 0 Å². The van der Waals surface area contributed by atoms with E-state index < -0.39 is 0 Å². The predicted octanol–water partition coefficient (Wildman–Crippen LogP) is 6.60. The molecule has 12 heteroatoms. The predicted molar refractivity (Wildman–Crippen MR) is 123 cm³/mol. The molecule has 0 saturated carbocycles. The van der Waals surface area contributed by atoms with Crippen LogP contribution in [0.15, 0.2) is 35.0 Å². The van der Waals surface area contributed by atoms with Crippen molar-refractivity contribution in [2.24, 2.45) is 0 Å². The first-order valence-corrected chi connectivity index (χ1v) is 14.1. The standard InChI is InChI=1S/C16H6O4P4S4/c17-21-7-3-11(26-6-7)15-9(23-19)5-13(28-15)16-10(24-20)4-12(27-16)14-8(22-18)1-2-25-14/h1-6H. The minimum Gasteiger partial charge on any atom is -0.269 e. The van der Waals surface area contributed by atoms with Gasteiger partial charge in [0.05, 0.1) is 35.8 Å². The summed E-state index contributed by atoms with van der Waals surface area (Å²) >= 11 is 5.89. The summed E-state index contributed by atoms with van der Waals surface area (Å²) < 4.78 is 45.9. The molecular formula is C16H6O4P4S4. The third kappa shape index (κ3) is 3.81. The van der Waals surface area contributed by atoms with Gasteiger partial charge in [-0.1, -0.05) is 0 Å². The lowest BCUT2D eigenvalue weighted by Gasteiger charge is -1.93. The van der Waals surface area contributed by atoms with Gasteiger partial charge in [0, 0.05) is 20.0 Å². The molecule has 0 bridgehead atoms. The zero-order valence-corrected chi connectivity index (χ0v) is 20.4. The lowest BCUT2D eigenvalue weighted by atomic mass is 10.3. The summed E-state index contributed by atoms with van der Waals surface area (Å²) in [6.07, 6.45) is 0. The van der Waals surface area contributed by atoms with Crippen LogP contribution < -0.4 is 21.2 Å². The number of hydrogen-bond acceptors (Lipinski definition) is 8. The summed E-state index contributed by atoms with van der Waals surface area (Å²) in [7, 11) is -0.294. The van der Waals surface area contributed by atoms with E-state index in [1.54, 1.807) is 5.38 Å². The van der Waals surface area contributed by atoms with Gasteiger partial charge < -0.3 is 0 Å². The highest BCUT2D eigenvalue weighted by atomic mass is 32.1. The fourth-order valence-electron chi connectivity index (χ4n) is 2.53. The summed E-state index contributed by atoms with van der Waals surface area (Å²) in [5, 5.41) is 6.37. The molecule has 0 aromatic carbocycles. The number of hydrogen-bond donors (Lipinski definition) is 0. The van der Waals surface area contributed by atoms with E-state index >= 15 is 0 Å². The van der Waals surface area contributed by atoms with Crippen molar-refractivity contribution >= 4 is 100 Å². The topological polar surface area (TPSA) is 68.3 Å². The van der Waals surface area contributed by atoms with Crippen LogP contribution >= 0.6 is 79.2 Å². The van der Waals surface area contributed by atoms with Crippen LogP contribution in [0.5, 0.6) is 0 Å². The molecule has 0 aliphatic carbocycles. The Morgan fingerprint density at radius 3 is 1.79 bits per heavy atom. The van der Waals surface area contributed by atoms with Crippen LogP contribution in [0.2, 0.25) is 0 Å². The molecule has 4 rings (SSSR count). The molecule has 4 aromatic rings. The second-order valence-electron chi connectivity index (χ2n) is 5.32. The third-order valence-electron chi connectivity index (χ3n) is 3.73. The Bertz CT molecular complexity index is 1220. The Morgan fingerprint density at radius 1 is 0.607 bits per heavy atom. The minimum absolute atomic E-state index is 0.0448. The number of thiophene rings is 4. The molecule has 0 atom stereocenters. The lowest BCUT2D eigenvalue weighted by molar-refractivity contribution is 0.602. The largest absolute Gasteiger partial charge is 0.269 e. The molecule has 28 heavy (non-hydrogen) atoms. The van der Waals surface area contributed by atoms with Gasteiger partial charge in [0.1, 0.15) is 0 Å². The molecule has 0 fully saturated rings. The first kappa shape index (κ1) is 20.5. The molecule has 0 saturated heterocycles. The van der Waals surface area contributed by atoms with Gasteiger partial charge in [-0.15, -0.1) is 45.3 Å². The quantitative estimate of drug-likeness (QED) is 0.261. The van der Waals surface area contributed by atoms with Gasteiger partial charge in [0.25, 0.3) is 0 Å². The van der Waals surface area contributed by atoms with Crippen molar-refractivity contribution in [2.45, 2.75) is 0 Å². The molecule has 0 unspecified atom stereocenters. The maximum absolute atomic E-state index is 11.8. The van der Waals surface area contributed by atoms with Crippen molar-refractivity contribution in [3.8, 4) is 29.3 Å². The Hall–Kier alpha value is -0.800. The monoisotopic (exact) mass is 514 g/mol. The second-order valence-corrected chi connectivity index (χ2v) is 11.9. The van der Waals surface area contributed by atoms with E-state index in [0.717, 1.165) is 29.3 Å². The first-order chi connectivity index (χ1) is 13.7. The zero-order chi connectivity index (χ0) is 19.7. The van der Waals surface area contributed by atoms with Crippen molar-refractivity contribution in [2.75, 3.05) is 0 Å². The molecule has 0 aliphatic rings. The van der Waals surface area contributed by atoms with Gasteiger partial charge in [0.15, 0.2) is 33.8 Å². The fourth-order valence-corrected chi connectivity index (χ4v) is 9.57. The third-order valence-corrected chi connectivity index (χ3v) is 11.1. The first-order valence-electron chi connectivity index (χ1n) is 7.46. The SMILES string of the molecule is O=Pc1csc(-c2sc(-c3sc(-c4sccc4P=O)cc3P=O)cc2P=O)c1. The van der Waals surface area contributed by atoms with Gasteiger partial charge in [-0.05, 0) is 29.6 Å². The van der Waals surface area contributed by atoms with E-state index in [1.165, 1.54) is 45.3 Å². The van der Waals surface area contributed by atoms with E-state index in [0.29, 0.717) is 21.2 Å². The minimum atomic E-state index is -0.103. The van der Waals surface area contributed by atoms with Crippen LogP contribution in [0.4, 0.5) is 0 Å². The highest BCUT2D eigenvalue weighted by Gasteiger charge is 2.21. The van der Waals surface area contributed by atoms with Gasteiger partial charge in [-0.25, -0.2) is 0 Å². The van der Waals surface area contributed by atoms with Crippen LogP contribution in [0.3, 0.4) is 0 Å². The summed E-state index contributed by atoms with van der Waals surface area (Å²) in [6.45, 7) is 0. The second kappa shape index (κ2) is 8.92. The van der Waals surface area contributed by atoms with E-state index in [1.807, 2.05) is 29.6 Å². The average molecular weight is 514 g/mol. The van der Waals surface area contributed by atoms with Gasteiger partial charge >= 0.3 is 0 Å². The van der Waals surface area contributed by atoms with Crippen molar-refractivity contribution in [3.63, 3.8) is 0 Å². The molecule has 0 spiro atoms. The van der Waals surface area contributed by atoms with Gasteiger partial charge in [-0.2, -0.15) is 0 Å². The van der Waals surface area contributed by atoms with Crippen LogP contribution in [0.1, 0.15) is 0 Å². The summed E-state index contributed by atoms with van der Waals surface area (Å²) in [5.41, 5.74) is 0. The average Bonchev–Trinajstić information content (AvgIpc) is 3.51. The van der Waals surface area contributed by atoms with Crippen LogP contribution in [-0.2, 0) is 18.3 Å². The smallest absolute Gasteiger partial charge is 0.193 e. The van der Waals surface area contributed by atoms with E-state index in [2.05, 4.69) is 0 Å².